The van der Waals surface area contributed by atoms with Gasteiger partial charge in [0.25, 0.3) is 11.8 Å². The molecule has 0 radical (unpaired) electrons. The lowest BCUT2D eigenvalue weighted by atomic mass is 10.1. The van der Waals surface area contributed by atoms with E-state index in [0.29, 0.717) is 41.6 Å². The second-order valence-corrected chi connectivity index (χ2v) is 7.89. The third kappa shape index (κ3) is 6.44. The number of hydrogen-bond donors (Lipinski definition) is 2. The van der Waals surface area contributed by atoms with E-state index in [1.807, 2.05) is 51.1 Å². The fourth-order valence-electron chi connectivity index (χ4n) is 2.98. The number of nitrogens with one attached hydrogen (secondary N) is 2. The van der Waals surface area contributed by atoms with Crippen molar-refractivity contribution in [2.24, 2.45) is 5.92 Å². The molecule has 5 nitrogen and oxygen atoms in total. The largest absolute Gasteiger partial charge is 0.489 e. The first kappa shape index (κ1) is 22.1. The van der Waals surface area contributed by atoms with Gasteiger partial charge in [0.05, 0.1) is 0 Å². The Kier molecular flexibility index (Phi) is 7.44. The molecule has 3 aromatic carbocycles. The number of aryl methyl sites for hydroxylation is 1. The molecular formula is C26H28N2O3. The summed E-state index contributed by atoms with van der Waals surface area (Å²) in [6.45, 7) is 7.07. The standard InChI is InChI=1S/C26H28N2O3/c1-18(2)16-27-25(29)22-11-14-24(19(3)15-22)28-26(30)21-9-12-23(13-10-21)31-17-20-7-5-4-6-8-20/h4-15,18H,16-17H2,1-3H3,(H,27,29)(H,28,30). The van der Waals surface area contributed by atoms with Crippen LogP contribution in [0.25, 0.3) is 0 Å². The minimum Gasteiger partial charge on any atom is -0.489 e. The predicted molar refractivity (Wildman–Crippen MR) is 124 cm³/mol. The van der Waals surface area contributed by atoms with Crippen molar-refractivity contribution < 1.29 is 14.3 Å². The van der Waals surface area contributed by atoms with Crippen molar-refractivity contribution in [3.63, 3.8) is 0 Å². The molecule has 0 aliphatic carbocycles. The maximum Gasteiger partial charge on any atom is 0.255 e. The summed E-state index contributed by atoms with van der Waals surface area (Å²) in [5.41, 5.74) is 3.70. The Morgan fingerprint density at radius 3 is 2.19 bits per heavy atom. The van der Waals surface area contributed by atoms with Crippen molar-refractivity contribution in [3.05, 3.63) is 95.1 Å². The van der Waals surface area contributed by atoms with Gasteiger partial charge in [0.1, 0.15) is 12.4 Å². The Labute approximate surface area is 183 Å². The van der Waals surface area contributed by atoms with E-state index >= 15 is 0 Å². The van der Waals surface area contributed by atoms with Crippen LogP contribution in [0.1, 0.15) is 45.7 Å². The maximum atomic E-state index is 12.6. The van der Waals surface area contributed by atoms with Gasteiger partial charge in [-0.15, -0.1) is 0 Å². The normalized spacial score (nSPS) is 10.6. The highest BCUT2D eigenvalue weighted by molar-refractivity contribution is 6.05. The highest BCUT2D eigenvalue weighted by Crippen LogP contribution is 2.19. The van der Waals surface area contributed by atoms with Crippen molar-refractivity contribution in [1.82, 2.24) is 5.32 Å². The maximum absolute atomic E-state index is 12.6. The summed E-state index contributed by atoms with van der Waals surface area (Å²) in [4.78, 5) is 24.8. The molecule has 0 heterocycles. The fourth-order valence-corrected chi connectivity index (χ4v) is 2.98. The zero-order chi connectivity index (χ0) is 22.2. The second kappa shape index (κ2) is 10.4. The monoisotopic (exact) mass is 416 g/mol. The molecule has 0 spiro atoms. The van der Waals surface area contributed by atoms with Crippen molar-refractivity contribution in [1.29, 1.82) is 0 Å². The summed E-state index contributed by atoms with van der Waals surface area (Å²) < 4.78 is 5.76. The number of carbonyl (C=O) groups is 2. The van der Waals surface area contributed by atoms with E-state index in [4.69, 9.17) is 4.74 Å². The molecule has 0 bridgehead atoms. The Morgan fingerprint density at radius 2 is 1.55 bits per heavy atom. The van der Waals surface area contributed by atoms with Gasteiger partial charge >= 0.3 is 0 Å². The van der Waals surface area contributed by atoms with Crippen LogP contribution in [0.3, 0.4) is 0 Å². The average molecular weight is 417 g/mol. The van der Waals surface area contributed by atoms with E-state index < -0.39 is 0 Å². The summed E-state index contributed by atoms with van der Waals surface area (Å²) in [6, 6.07) is 22.2. The number of rotatable bonds is 8. The Balaban J connectivity index is 1.58. The highest BCUT2D eigenvalue weighted by Gasteiger charge is 2.11. The third-order valence-electron chi connectivity index (χ3n) is 4.77. The number of anilines is 1. The van der Waals surface area contributed by atoms with Gasteiger partial charge in [-0.3, -0.25) is 9.59 Å². The van der Waals surface area contributed by atoms with Crippen molar-refractivity contribution >= 4 is 17.5 Å². The molecule has 0 atom stereocenters. The molecule has 0 fully saturated rings. The van der Waals surface area contributed by atoms with Crippen LogP contribution in [0.4, 0.5) is 5.69 Å². The first-order chi connectivity index (χ1) is 14.9. The lowest BCUT2D eigenvalue weighted by Gasteiger charge is -2.12. The summed E-state index contributed by atoms with van der Waals surface area (Å²) in [7, 11) is 0. The van der Waals surface area contributed by atoms with Crippen LogP contribution >= 0.6 is 0 Å². The molecule has 0 unspecified atom stereocenters. The van der Waals surface area contributed by atoms with Crippen LogP contribution in [-0.4, -0.2) is 18.4 Å². The van der Waals surface area contributed by atoms with Crippen LogP contribution < -0.4 is 15.4 Å². The summed E-state index contributed by atoms with van der Waals surface area (Å²) in [6.07, 6.45) is 0. The summed E-state index contributed by atoms with van der Waals surface area (Å²) in [5, 5.41) is 5.81. The van der Waals surface area contributed by atoms with Gasteiger partial charge in [0.15, 0.2) is 0 Å². The van der Waals surface area contributed by atoms with Gasteiger partial charge in [0.2, 0.25) is 0 Å². The lowest BCUT2D eigenvalue weighted by Crippen LogP contribution is -2.27. The number of amides is 2. The van der Waals surface area contributed by atoms with Crippen molar-refractivity contribution in [3.8, 4) is 5.75 Å². The van der Waals surface area contributed by atoms with Crippen molar-refractivity contribution in [2.75, 3.05) is 11.9 Å². The molecule has 5 heteroatoms. The van der Waals surface area contributed by atoms with Crippen LogP contribution in [0.2, 0.25) is 0 Å². The van der Waals surface area contributed by atoms with Crippen LogP contribution in [0.15, 0.2) is 72.8 Å². The first-order valence-electron chi connectivity index (χ1n) is 10.4. The molecule has 3 rings (SSSR count). The molecule has 3 aromatic rings. The molecule has 2 N–H and O–H groups in total. The fraction of sp³-hybridized carbons (Fsp3) is 0.231. The van der Waals surface area contributed by atoms with Gasteiger partial charge in [-0.1, -0.05) is 44.2 Å². The third-order valence-corrected chi connectivity index (χ3v) is 4.77. The second-order valence-electron chi connectivity index (χ2n) is 7.89. The van der Waals surface area contributed by atoms with Gasteiger partial charge in [-0.2, -0.15) is 0 Å². The zero-order valence-corrected chi connectivity index (χ0v) is 18.1. The minimum absolute atomic E-state index is 0.110. The van der Waals surface area contributed by atoms with Gasteiger partial charge in [-0.25, -0.2) is 0 Å². The lowest BCUT2D eigenvalue weighted by molar-refractivity contribution is 0.0948. The first-order valence-corrected chi connectivity index (χ1v) is 10.4. The average Bonchev–Trinajstić information content (AvgIpc) is 2.78. The minimum atomic E-state index is -0.213. The molecule has 0 aliphatic heterocycles. The molecule has 160 valence electrons. The van der Waals surface area contributed by atoms with E-state index in [1.54, 1.807) is 42.5 Å². The Bertz CT molecular complexity index is 1030. The Morgan fingerprint density at radius 1 is 0.871 bits per heavy atom. The highest BCUT2D eigenvalue weighted by atomic mass is 16.5. The van der Waals surface area contributed by atoms with Crippen LogP contribution in [0.5, 0.6) is 5.75 Å². The Hall–Kier alpha value is -3.60. The smallest absolute Gasteiger partial charge is 0.255 e. The number of hydrogen-bond acceptors (Lipinski definition) is 3. The number of ether oxygens (including phenoxy) is 1. The summed E-state index contributed by atoms with van der Waals surface area (Å²) >= 11 is 0. The molecule has 0 saturated heterocycles. The molecule has 0 saturated carbocycles. The van der Waals surface area contributed by atoms with Gasteiger partial charge < -0.3 is 15.4 Å². The quantitative estimate of drug-likeness (QED) is 0.530. The SMILES string of the molecule is Cc1cc(C(=O)NCC(C)C)ccc1NC(=O)c1ccc(OCc2ccccc2)cc1. The topological polar surface area (TPSA) is 67.4 Å². The molecular weight excluding hydrogens is 388 g/mol. The molecule has 31 heavy (non-hydrogen) atoms. The van der Waals surface area contributed by atoms with Gasteiger partial charge in [0, 0.05) is 23.4 Å². The van der Waals surface area contributed by atoms with Gasteiger partial charge in [-0.05, 0) is 66.4 Å². The predicted octanol–water partition coefficient (Wildman–Crippen LogP) is 5.21. The van der Waals surface area contributed by atoms with E-state index in [2.05, 4.69) is 10.6 Å². The van der Waals surface area contributed by atoms with E-state index in [0.717, 1.165) is 11.1 Å². The number of carbonyl (C=O) groups excluding carboxylic acids is 2. The summed E-state index contributed by atoms with van der Waals surface area (Å²) in [5.74, 6) is 0.766. The zero-order valence-electron chi connectivity index (χ0n) is 18.1. The van der Waals surface area contributed by atoms with E-state index in [1.165, 1.54) is 0 Å². The molecule has 2 amide bonds. The molecule has 0 aliphatic rings. The number of benzene rings is 3. The van der Waals surface area contributed by atoms with E-state index in [-0.39, 0.29) is 11.8 Å². The van der Waals surface area contributed by atoms with Crippen LogP contribution in [-0.2, 0) is 6.61 Å². The molecule has 0 aromatic heterocycles. The van der Waals surface area contributed by atoms with Crippen molar-refractivity contribution in [2.45, 2.75) is 27.4 Å². The van der Waals surface area contributed by atoms with E-state index in [9.17, 15) is 9.59 Å². The van der Waals surface area contributed by atoms with Crippen LogP contribution in [0, 0.1) is 12.8 Å².